The average Bonchev–Trinajstić information content (AvgIpc) is 2.60. The van der Waals surface area contributed by atoms with Gasteiger partial charge in [-0.25, -0.2) is 18.4 Å². The van der Waals surface area contributed by atoms with Gasteiger partial charge in [-0.2, -0.15) is 0 Å². The second-order valence-electron chi connectivity index (χ2n) is 5.81. The standard InChI is InChI=1S/C18H20N2O6S/c1-11-5-4-6-13(9-11)20-17(21)12(2)26-18(22)15-10-14(27(19,23)24)7-8-16(15)25-3/h4-10,12H,1-3H3,(H,20,21)(H2,19,23,24)/t12-/m1/s1. The summed E-state index contributed by atoms with van der Waals surface area (Å²) in [6.07, 6.45) is -1.12. The number of esters is 1. The maximum absolute atomic E-state index is 12.4. The Labute approximate surface area is 157 Å². The average molecular weight is 392 g/mol. The molecule has 2 aromatic rings. The number of hydrogen-bond acceptors (Lipinski definition) is 6. The highest BCUT2D eigenvalue weighted by Gasteiger charge is 2.23. The number of aryl methyl sites for hydroxylation is 1. The molecule has 0 spiro atoms. The Morgan fingerprint density at radius 3 is 2.44 bits per heavy atom. The van der Waals surface area contributed by atoms with Gasteiger partial charge in [0.2, 0.25) is 10.0 Å². The van der Waals surface area contributed by atoms with Crippen molar-refractivity contribution in [1.82, 2.24) is 0 Å². The summed E-state index contributed by atoms with van der Waals surface area (Å²) < 4.78 is 33.2. The zero-order chi connectivity index (χ0) is 20.2. The lowest BCUT2D eigenvalue weighted by Gasteiger charge is -2.15. The Morgan fingerprint density at radius 2 is 1.85 bits per heavy atom. The van der Waals surface area contributed by atoms with Gasteiger partial charge in [-0.15, -0.1) is 0 Å². The summed E-state index contributed by atoms with van der Waals surface area (Å²) >= 11 is 0. The van der Waals surface area contributed by atoms with E-state index < -0.39 is 28.0 Å². The van der Waals surface area contributed by atoms with Crippen molar-refractivity contribution in [1.29, 1.82) is 0 Å². The first-order valence-corrected chi connectivity index (χ1v) is 9.46. The van der Waals surface area contributed by atoms with Crippen LogP contribution in [0.4, 0.5) is 5.69 Å². The van der Waals surface area contributed by atoms with Crippen molar-refractivity contribution in [3.63, 3.8) is 0 Å². The highest BCUT2D eigenvalue weighted by atomic mass is 32.2. The number of methoxy groups -OCH3 is 1. The van der Waals surface area contributed by atoms with Crippen molar-refractivity contribution in [3.8, 4) is 5.75 Å². The minimum Gasteiger partial charge on any atom is -0.496 e. The van der Waals surface area contributed by atoms with Gasteiger partial charge in [-0.1, -0.05) is 12.1 Å². The number of carbonyl (C=O) groups excluding carboxylic acids is 2. The quantitative estimate of drug-likeness (QED) is 0.723. The molecule has 3 N–H and O–H groups in total. The summed E-state index contributed by atoms with van der Waals surface area (Å²) in [6.45, 7) is 3.28. The van der Waals surface area contributed by atoms with Crippen molar-refractivity contribution in [3.05, 3.63) is 53.6 Å². The van der Waals surface area contributed by atoms with Gasteiger partial charge >= 0.3 is 5.97 Å². The number of ether oxygens (including phenoxy) is 2. The number of hydrogen-bond donors (Lipinski definition) is 2. The molecule has 0 aromatic heterocycles. The van der Waals surface area contributed by atoms with Crippen LogP contribution in [0.3, 0.4) is 0 Å². The van der Waals surface area contributed by atoms with E-state index in [0.717, 1.165) is 11.6 Å². The summed E-state index contributed by atoms with van der Waals surface area (Å²) in [6, 6.07) is 10.7. The van der Waals surface area contributed by atoms with Crippen LogP contribution in [0, 0.1) is 6.92 Å². The number of carbonyl (C=O) groups is 2. The van der Waals surface area contributed by atoms with Crippen molar-refractivity contribution in [2.45, 2.75) is 24.8 Å². The van der Waals surface area contributed by atoms with E-state index in [4.69, 9.17) is 14.6 Å². The molecule has 27 heavy (non-hydrogen) atoms. The predicted octanol–water partition coefficient (Wildman–Crippen LogP) is 1.84. The number of nitrogens with two attached hydrogens (primary N) is 1. The summed E-state index contributed by atoms with van der Waals surface area (Å²) in [7, 11) is -2.70. The topological polar surface area (TPSA) is 125 Å². The molecule has 0 radical (unpaired) electrons. The minimum absolute atomic E-state index is 0.0960. The van der Waals surface area contributed by atoms with Crippen LogP contribution in [0.1, 0.15) is 22.8 Å². The van der Waals surface area contributed by atoms with Crippen LogP contribution >= 0.6 is 0 Å². The molecule has 2 aromatic carbocycles. The van der Waals surface area contributed by atoms with Crippen molar-refractivity contribution in [2.24, 2.45) is 5.14 Å². The Balaban J connectivity index is 2.17. The lowest BCUT2D eigenvalue weighted by Crippen LogP contribution is -2.30. The third kappa shape index (κ3) is 5.28. The van der Waals surface area contributed by atoms with Crippen LogP contribution < -0.4 is 15.2 Å². The molecule has 0 heterocycles. The number of sulfonamides is 1. The highest BCUT2D eigenvalue weighted by molar-refractivity contribution is 7.89. The molecule has 0 bridgehead atoms. The molecular formula is C18H20N2O6S. The van der Waals surface area contributed by atoms with E-state index in [2.05, 4.69) is 5.32 Å². The molecule has 0 saturated carbocycles. The molecule has 144 valence electrons. The van der Waals surface area contributed by atoms with Crippen LogP contribution in [-0.2, 0) is 19.6 Å². The zero-order valence-corrected chi connectivity index (χ0v) is 15.9. The van der Waals surface area contributed by atoms with Gasteiger partial charge in [0.15, 0.2) is 6.10 Å². The molecule has 1 amide bonds. The molecule has 0 fully saturated rings. The summed E-state index contributed by atoms with van der Waals surface area (Å²) in [5, 5.41) is 7.72. The molecule has 0 aliphatic carbocycles. The first-order chi connectivity index (χ1) is 12.6. The van der Waals surface area contributed by atoms with Crippen LogP contribution in [0.5, 0.6) is 5.75 Å². The molecule has 0 aliphatic rings. The van der Waals surface area contributed by atoms with Crippen LogP contribution in [-0.4, -0.2) is 33.5 Å². The smallest absolute Gasteiger partial charge is 0.342 e. The van der Waals surface area contributed by atoms with Crippen molar-refractivity contribution in [2.75, 3.05) is 12.4 Å². The van der Waals surface area contributed by atoms with E-state index in [0.29, 0.717) is 5.69 Å². The van der Waals surface area contributed by atoms with E-state index in [1.807, 2.05) is 13.0 Å². The summed E-state index contributed by atoms with van der Waals surface area (Å²) in [4.78, 5) is 24.4. The highest BCUT2D eigenvalue weighted by Crippen LogP contribution is 2.23. The SMILES string of the molecule is COc1ccc(S(N)(=O)=O)cc1C(=O)O[C@H](C)C(=O)Nc1cccc(C)c1. The van der Waals surface area contributed by atoms with Gasteiger partial charge in [0.05, 0.1) is 12.0 Å². The van der Waals surface area contributed by atoms with Crippen LogP contribution in [0.2, 0.25) is 0 Å². The number of rotatable bonds is 6. The maximum atomic E-state index is 12.4. The summed E-state index contributed by atoms with van der Waals surface area (Å²) in [5.74, 6) is -1.35. The van der Waals surface area contributed by atoms with E-state index in [1.165, 1.54) is 26.2 Å². The molecule has 0 unspecified atom stereocenters. The molecule has 9 heteroatoms. The van der Waals surface area contributed by atoms with Gasteiger partial charge in [-0.3, -0.25) is 4.79 Å². The molecular weight excluding hydrogens is 372 g/mol. The normalized spacial score (nSPS) is 12.1. The van der Waals surface area contributed by atoms with Gasteiger partial charge in [-0.05, 0) is 49.7 Å². The predicted molar refractivity (Wildman–Crippen MR) is 99.1 cm³/mol. The van der Waals surface area contributed by atoms with E-state index in [1.54, 1.807) is 18.2 Å². The number of primary sulfonamides is 1. The molecule has 1 atom stereocenters. The summed E-state index contributed by atoms with van der Waals surface area (Å²) in [5.41, 5.74) is 1.37. The van der Waals surface area contributed by atoms with Crippen LogP contribution in [0.25, 0.3) is 0 Å². The van der Waals surface area contributed by atoms with E-state index >= 15 is 0 Å². The first-order valence-electron chi connectivity index (χ1n) is 7.91. The third-order valence-electron chi connectivity index (χ3n) is 3.66. The second-order valence-corrected chi connectivity index (χ2v) is 7.37. The van der Waals surface area contributed by atoms with Crippen molar-refractivity contribution < 1.29 is 27.5 Å². The second kappa shape index (κ2) is 8.19. The third-order valence-corrected chi connectivity index (χ3v) is 4.57. The Hall–Kier alpha value is -2.91. The molecule has 0 aliphatic heterocycles. The van der Waals surface area contributed by atoms with Gasteiger partial charge < -0.3 is 14.8 Å². The van der Waals surface area contributed by atoms with Crippen LogP contribution in [0.15, 0.2) is 47.4 Å². The Bertz CT molecular complexity index is 972. The van der Waals surface area contributed by atoms with Crippen molar-refractivity contribution >= 4 is 27.6 Å². The monoisotopic (exact) mass is 392 g/mol. The lowest BCUT2D eigenvalue weighted by atomic mass is 10.2. The number of amides is 1. The van der Waals surface area contributed by atoms with Gasteiger partial charge in [0.1, 0.15) is 11.3 Å². The fourth-order valence-electron chi connectivity index (χ4n) is 2.27. The van der Waals surface area contributed by atoms with Gasteiger partial charge in [0, 0.05) is 5.69 Å². The lowest BCUT2D eigenvalue weighted by molar-refractivity contribution is -0.123. The molecule has 8 nitrogen and oxygen atoms in total. The minimum atomic E-state index is -4.02. The fraction of sp³-hybridized carbons (Fsp3) is 0.222. The molecule has 2 rings (SSSR count). The molecule has 0 saturated heterocycles. The number of benzene rings is 2. The fourth-order valence-corrected chi connectivity index (χ4v) is 2.81. The first kappa shape index (κ1) is 20.4. The largest absolute Gasteiger partial charge is 0.496 e. The van der Waals surface area contributed by atoms with E-state index in [9.17, 15) is 18.0 Å². The van der Waals surface area contributed by atoms with Gasteiger partial charge in [0.25, 0.3) is 5.91 Å². The number of nitrogens with one attached hydrogen (secondary N) is 1. The zero-order valence-electron chi connectivity index (χ0n) is 15.1. The maximum Gasteiger partial charge on any atom is 0.342 e. The Kier molecular flexibility index (Phi) is 6.19. The Morgan fingerprint density at radius 1 is 1.15 bits per heavy atom. The van der Waals surface area contributed by atoms with E-state index in [-0.39, 0.29) is 16.2 Å². The number of anilines is 1.